The first-order valence-corrected chi connectivity index (χ1v) is 8.56. The molecular formula is C15H16BrN3S. The van der Waals surface area contributed by atoms with Crippen molar-refractivity contribution in [1.29, 1.82) is 0 Å². The summed E-state index contributed by atoms with van der Waals surface area (Å²) in [7, 11) is 1.90. The molecule has 104 valence electrons. The quantitative estimate of drug-likeness (QED) is 0.884. The largest absolute Gasteiger partial charge is 0.372 e. The van der Waals surface area contributed by atoms with Crippen LogP contribution in [0.15, 0.2) is 34.8 Å². The van der Waals surface area contributed by atoms with Gasteiger partial charge in [0.25, 0.3) is 0 Å². The Morgan fingerprint density at radius 1 is 1.25 bits per heavy atom. The second-order valence-corrected chi connectivity index (χ2v) is 6.81. The van der Waals surface area contributed by atoms with Crippen molar-refractivity contribution >= 4 is 33.5 Å². The van der Waals surface area contributed by atoms with Gasteiger partial charge in [-0.15, -0.1) is 0 Å². The first-order valence-electron chi connectivity index (χ1n) is 6.72. The van der Waals surface area contributed by atoms with Gasteiger partial charge in [0.2, 0.25) is 0 Å². The van der Waals surface area contributed by atoms with Crippen molar-refractivity contribution in [2.24, 2.45) is 0 Å². The third-order valence-corrected chi connectivity index (χ3v) is 5.49. The van der Waals surface area contributed by atoms with Crippen molar-refractivity contribution in [2.45, 2.75) is 18.1 Å². The van der Waals surface area contributed by atoms with Gasteiger partial charge in [0.1, 0.15) is 11.6 Å². The molecule has 0 radical (unpaired) electrons. The predicted molar refractivity (Wildman–Crippen MR) is 89.1 cm³/mol. The highest BCUT2D eigenvalue weighted by molar-refractivity contribution is 9.10. The SMILES string of the molecule is CNc1nc(C2CCCS2)nc(-c2ccccc2)c1Br. The Bertz CT molecular complexity index is 598. The minimum Gasteiger partial charge on any atom is -0.372 e. The molecule has 0 bridgehead atoms. The summed E-state index contributed by atoms with van der Waals surface area (Å²) in [6.07, 6.45) is 2.42. The Morgan fingerprint density at radius 2 is 2.05 bits per heavy atom. The molecule has 2 heterocycles. The van der Waals surface area contributed by atoms with Crippen LogP contribution in [0.4, 0.5) is 5.82 Å². The van der Waals surface area contributed by atoms with Crippen LogP contribution in [0.5, 0.6) is 0 Å². The van der Waals surface area contributed by atoms with Crippen LogP contribution in [0.1, 0.15) is 23.9 Å². The molecule has 0 spiro atoms. The summed E-state index contributed by atoms with van der Waals surface area (Å²) in [5, 5.41) is 3.59. The fraction of sp³-hybridized carbons (Fsp3) is 0.333. The Labute approximate surface area is 131 Å². The zero-order chi connectivity index (χ0) is 13.9. The second kappa shape index (κ2) is 6.14. The topological polar surface area (TPSA) is 37.8 Å². The standard InChI is InChI=1S/C15H16BrN3S/c1-17-15-12(16)13(10-6-3-2-4-7-10)18-14(19-15)11-8-5-9-20-11/h2-4,6-7,11H,5,8-9H2,1H3,(H,17,18,19). The van der Waals surface area contributed by atoms with E-state index in [2.05, 4.69) is 38.4 Å². The van der Waals surface area contributed by atoms with Crippen LogP contribution in [0.2, 0.25) is 0 Å². The molecule has 1 aromatic heterocycles. The third-order valence-electron chi connectivity index (χ3n) is 3.37. The molecule has 1 atom stereocenters. The maximum atomic E-state index is 4.81. The highest BCUT2D eigenvalue weighted by atomic mass is 79.9. The number of anilines is 1. The minimum atomic E-state index is 0.428. The number of halogens is 1. The molecule has 3 nitrogen and oxygen atoms in total. The van der Waals surface area contributed by atoms with Crippen LogP contribution in [0, 0.1) is 0 Å². The van der Waals surface area contributed by atoms with Crippen molar-refractivity contribution in [3.63, 3.8) is 0 Å². The van der Waals surface area contributed by atoms with Gasteiger partial charge < -0.3 is 5.32 Å². The van der Waals surface area contributed by atoms with E-state index in [9.17, 15) is 0 Å². The van der Waals surface area contributed by atoms with Crippen molar-refractivity contribution < 1.29 is 0 Å². The lowest BCUT2D eigenvalue weighted by molar-refractivity contribution is 0.778. The van der Waals surface area contributed by atoms with Crippen LogP contribution in [-0.2, 0) is 0 Å². The summed E-state index contributed by atoms with van der Waals surface area (Å²) in [4.78, 5) is 9.48. The fourth-order valence-electron chi connectivity index (χ4n) is 2.34. The van der Waals surface area contributed by atoms with Gasteiger partial charge in [-0.3, -0.25) is 0 Å². The number of rotatable bonds is 3. The van der Waals surface area contributed by atoms with Crippen molar-refractivity contribution in [3.8, 4) is 11.3 Å². The van der Waals surface area contributed by atoms with E-state index in [-0.39, 0.29) is 0 Å². The van der Waals surface area contributed by atoms with E-state index in [1.165, 1.54) is 18.6 Å². The summed E-state index contributed by atoms with van der Waals surface area (Å²) in [5.74, 6) is 3.01. The number of thioether (sulfide) groups is 1. The smallest absolute Gasteiger partial charge is 0.144 e. The maximum Gasteiger partial charge on any atom is 0.144 e. The molecule has 1 N–H and O–H groups in total. The monoisotopic (exact) mass is 349 g/mol. The average Bonchev–Trinajstić information content (AvgIpc) is 3.03. The molecule has 1 fully saturated rings. The summed E-state index contributed by atoms with van der Waals surface area (Å²) in [5.41, 5.74) is 2.08. The summed E-state index contributed by atoms with van der Waals surface area (Å²) in [6, 6.07) is 10.3. The van der Waals surface area contributed by atoms with E-state index in [0.717, 1.165) is 27.4 Å². The molecule has 1 unspecified atom stereocenters. The molecule has 1 aliphatic rings. The fourth-order valence-corrected chi connectivity index (χ4v) is 4.15. The number of nitrogens with one attached hydrogen (secondary N) is 1. The zero-order valence-corrected chi connectivity index (χ0v) is 13.7. The Hall–Kier alpha value is -1.07. The van der Waals surface area contributed by atoms with Crippen molar-refractivity contribution in [2.75, 3.05) is 18.1 Å². The number of benzene rings is 1. The summed E-state index contributed by atoms with van der Waals surface area (Å²) in [6.45, 7) is 0. The van der Waals surface area contributed by atoms with Crippen molar-refractivity contribution in [1.82, 2.24) is 9.97 Å². The van der Waals surface area contributed by atoms with Gasteiger partial charge in [-0.25, -0.2) is 9.97 Å². The Balaban J connectivity index is 2.10. The van der Waals surface area contributed by atoms with Crippen LogP contribution in [0.25, 0.3) is 11.3 Å². The van der Waals surface area contributed by atoms with Gasteiger partial charge >= 0.3 is 0 Å². The minimum absolute atomic E-state index is 0.428. The van der Waals surface area contributed by atoms with Crippen LogP contribution in [-0.4, -0.2) is 22.8 Å². The van der Waals surface area contributed by atoms with Gasteiger partial charge in [0, 0.05) is 12.6 Å². The van der Waals surface area contributed by atoms with Gasteiger partial charge in [-0.2, -0.15) is 11.8 Å². The highest BCUT2D eigenvalue weighted by Crippen LogP contribution is 2.41. The third kappa shape index (κ3) is 2.69. The Kier molecular flexibility index (Phi) is 4.27. The van der Waals surface area contributed by atoms with E-state index in [1.54, 1.807) is 0 Å². The highest BCUT2D eigenvalue weighted by Gasteiger charge is 2.23. The normalized spacial score (nSPS) is 18.2. The average molecular weight is 350 g/mol. The van der Waals surface area contributed by atoms with Crippen LogP contribution >= 0.6 is 27.7 Å². The molecule has 1 aromatic carbocycles. The summed E-state index contributed by atoms with van der Waals surface area (Å²) < 4.78 is 0.929. The lowest BCUT2D eigenvalue weighted by Gasteiger charge is -2.14. The van der Waals surface area contributed by atoms with E-state index in [1.807, 2.05) is 37.0 Å². The number of hydrogen-bond acceptors (Lipinski definition) is 4. The van der Waals surface area contributed by atoms with Gasteiger partial charge in [0.05, 0.1) is 15.4 Å². The molecule has 3 rings (SSSR count). The number of nitrogens with zero attached hydrogens (tertiary/aromatic N) is 2. The van der Waals surface area contributed by atoms with E-state index < -0.39 is 0 Å². The zero-order valence-electron chi connectivity index (χ0n) is 11.3. The molecule has 2 aromatic rings. The number of aromatic nitrogens is 2. The Morgan fingerprint density at radius 3 is 2.70 bits per heavy atom. The van der Waals surface area contributed by atoms with Crippen LogP contribution in [0.3, 0.4) is 0 Å². The second-order valence-electron chi connectivity index (χ2n) is 4.71. The molecule has 1 saturated heterocycles. The van der Waals surface area contributed by atoms with Crippen molar-refractivity contribution in [3.05, 3.63) is 40.6 Å². The molecule has 0 amide bonds. The first kappa shape index (κ1) is 13.9. The van der Waals surface area contributed by atoms with E-state index >= 15 is 0 Å². The van der Waals surface area contributed by atoms with Gasteiger partial charge in [-0.05, 0) is 34.5 Å². The molecule has 0 aliphatic carbocycles. The number of hydrogen-bond donors (Lipinski definition) is 1. The lowest BCUT2D eigenvalue weighted by atomic mass is 10.1. The molecular weight excluding hydrogens is 334 g/mol. The first-order chi connectivity index (χ1) is 9.79. The van der Waals surface area contributed by atoms with E-state index in [4.69, 9.17) is 4.98 Å². The van der Waals surface area contributed by atoms with Gasteiger partial charge in [0.15, 0.2) is 0 Å². The molecule has 20 heavy (non-hydrogen) atoms. The lowest BCUT2D eigenvalue weighted by Crippen LogP contribution is -2.05. The summed E-state index contributed by atoms with van der Waals surface area (Å²) >= 11 is 5.58. The molecule has 0 saturated carbocycles. The predicted octanol–water partition coefficient (Wildman–Crippen LogP) is 4.52. The van der Waals surface area contributed by atoms with E-state index in [0.29, 0.717) is 5.25 Å². The van der Waals surface area contributed by atoms with Crippen LogP contribution < -0.4 is 5.32 Å². The maximum absolute atomic E-state index is 4.81. The van der Waals surface area contributed by atoms with Gasteiger partial charge in [-0.1, -0.05) is 30.3 Å². The molecule has 1 aliphatic heterocycles. The molecule has 5 heteroatoms.